The minimum Gasteiger partial charge on any atom is -0.365 e. The number of nitrogens with two attached hydrogens (primary N) is 1. The fraction of sp³-hybridized carbons (Fsp3) is 0.421. The number of anilines is 1. The molecule has 2 aromatic heterocycles. The zero-order valence-electron chi connectivity index (χ0n) is 15.9. The van der Waals surface area contributed by atoms with Crippen molar-refractivity contribution in [1.82, 2.24) is 4.98 Å². The van der Waals surface area contributed by atoms with Crippen molar-refractivity contribution in [1.29, 1.82) is 0 Å². The summed E-state index contributed by atoms with van der Waals surface area (Å²) in [5.74, 6) is -1.30. The van der Waals surface area contributed by atoms with Crippen molar-refractivity contribution in [3.8, 4) is 0 Å². The van der Waals surface area contributed by atoms with Crippen LogP contribution in [0.15, 0.2) is 12.1 Å². The lowest BCUT2D eigenvalue weighted by Crippen LogP contribution is -2.19. The second-order valence-corrected chi connectivity index (χ2v) is 7.56. The van der Waals surface area contributed by atoms with Gasteiger partial charge in [-0.15, -0.1) is 11.3 Å². The summed E-state index contributed by atoms with van der Waals surface area (Å²) in [4.78, 5) is 28.9. The number of amides is 2. The van der Waals surface area contributed by atoms with Crippen LogP contribution in [0, 0.1) is 13.8 Å². The first-order valence-electron chi connectivity index (χ1n) is 8.84. The number of thiophene rings is 1. The topological polar surface area (TPSA) is 85.1 Å². The monoisotopic (exact) mass is 413 g/mol. The lowest BCUT2D eigenvalue weighted by Gasteiger charge is -2.10. The van der Waals surface area contributed by atoms with E-state index in [4.69, 9.17) is 5.73 Å². The molecule has 0 fully saturated rings. The smallest absolute Gasteiger partial charge is 0.365 e. The Labute approximate surface area is 165 Å². The van der Waals surface area contributed by atoms with Gasteiger partial charge in [-0.05, 0) is 44.4 Å². The molecule has 0 atom stereocenters. The number of hydrogen-bond acceptors (Lipinski definition) is 4. The van der Waals surface area contributed by atoms with E-state index in [0.29, 0.717) is 5.00 Å². The molecule has 0 aliphatic carbocycles. The number of aromatic nitrogens is 1. The maximum Gasteiger partial charge on any atom is 0.433 e. The quantitative estimate of drug-likeness (QED) is 0.636. The van der Waals surface area contributed by atoms with Crippen LogP contribution in [0.25, 0.3) is 0 Å². The Morgan fingerprint density at radius 3 is 2.43 bits per heavy atom. The van der Waals surface area contributed by atoms with Crippen LogP contribution in [0.5, 0.6) is 0 Å². The van der Waals surface area contributed by atoms with Crippen molar-refractivity contribution < 1.29 is 22.8 Å². The highest BCUT2D eigenvalue weighted by atomic mass is 32.1. The fourth-order valence-corrected chi connectivity index (χ4v) is 4.10. The molecule has 2 heterocycles. The standard InChI is InChI=1S/C19H22F3N3O2S/c1-4-5-6-7-13-10(2)15(16(23)26)18(28-13)25-17(27)12-8-9-14(19(20,21)22)24-11(12)3/h8-9H,4-7H2,1-3H3,(H2,23,26)(H,25,27). The third kappa shape index (κ3) is 4.89. The predicted molar refractivity (Wildman–Crippen MR) is 103 cm³/mol. The highest BCUT2D eigenvalue weighted by molar-refractivity contribution is 7.17. The number of primary amides is 1. The van der Waals surface area contributed by atoms with E-state index in [-0.39, 0.29) is 16.8 Å². The van der Waals surface area contributed by atoms with E-state index >= 15 is 0 Å². The Kier molecular flexibility index (Phi) is 6.82. The maximum absolute atomic E-state index is 12.8. The number of nitrogens with one attached hydrogen (secondary N) is 1. The van der Waals surface area contributed by atoms with Crippen LogP contribution in [0.4, 0.5) is 18.2 Å². The molecule has 0 spiro atoms. The zero-order valence-corrected chi connectivity index (χ0v) is 16.7. The Balaban J connectivity index is 2.30. The number of nitrogens with zero attached hydrogens (tertiary/aromatic N) is 1. The lowest BCUT2D eigenvalue weighted by molar-refractivity contribution is -0.141. The largest absolute Gasteiger partial charge is 0.433 e. The number of carbonyl (C=O) groups excluding carboxylic acids is 2. The van der Waals surface area contributed by atoms with Crippen molar-refractivity contribution in [3.05, 3.63) is 45.1 Å². The van der Waals surface area contributed by atoms with E-state index in [1.54, 1.807) is 6.92 Å². The summed E-state index contributed by atoms with van der Waals surface area (Å²) < 4.78 is 38.3. The second-order valence-electron chi connectivity index (χ2n) is 6.46. The molecule has 152 valence electrons. The van der Waals surface area contributed by atoms with Crippen molar-refractivity contribution in [3.63, 3.8) is 0 Å². The molecule has 0 aromatic carbocycles. The van der Waals surface area contributed by atoms with Crippen LogP contribution < -0.4 is 11.1 Å². The maximum atomic E-state index is 12.8. The molecule has 2 rings (SSSR count). The molecule has 9 heteroatoms. The van der Waals surface area contributed by atoms with Gasteiger partial charge in [0.25, 0.3) is 11.8 Å². The minimum absolute atomic E-state index is 0.00186. The molecule has 0 aliphatic heterocycles. The van der Waals surface area contributed by atoms with Gasteiger partial charge < -0.3 is 11.1 Å². The summed E-state index contributed by atoms with van der Waals surface area (Å²) in [6.45, 7) is 5.19. The van der Waals surface area contributed by atoms with Gasteiger partial charge in [0.05, 0.1) is 16.8 Å². The van der Waals surface area contributed by atoms with Crippen LogP contribution in [0.2, 0.25) is 0 Å². The normalized spacial score (nSPS) is 11.5. The highest BCUT2D eigenvalue weighted by Gasteiger charge is 2.33. The van der Waals surface area contributed by atoms with E-state index in [9.17, 15) is 22.8 Å². The summed E-state index contributed by atoms with van der Waals surface area (Å²) in [5.41, 5.74) is 5.33. The van der Waals surface area contributed by atoms with Crippen LogP contribution >= 0.6 is 11.3 Å². The fourth-order valence-electron chi connectivity index (χ4n) is 2.85. The highest BCUT2D eigenvalue weighted by Crippen LogP contribution is 2.34. The molecule has 0 aliphatic rings. The average Bonchev–Trinajstić information content (AvgIpc) is 2.89. The van der Waals surface area contributed by atoms with Crippen LogP contribution in [-0.2, 0) is 12.6 Å². The molecular formula is C19H22F3N3O2S. The van der Waals surface area contributed by atoms with E-state index in [1.807, 2.05) is 0 Å². The van der Waals surface area contributed by atoms with Crippen molar-refractivity contribution >= 4 is 28.2 Å². The van der Waals surface area contributed by atoms with Crippen LogP contribution in [-0.4, -0.2) is 16.8 Å². The van der Waals surface area contributed by atoms with Gasteiger partial charge in [0, 0.05) is 4.88 Å². The number of carbonyl (C=O) groups is 2. The first-order valence-corrected chi connectivity index (χ1v) is 9.66. The summed E-state index contributed by atoms with van der Waals surface area (Å²) in [5, 5.41) is 2.92. The Morgan fingerprint density at radius 1 is 1.21 bits per heavy atom. The summed E-state index contributed by atoms with van der Waals surface area (Å²) in [6, 6.07) is 1.83. The Bertz CT molecular complexity index is 891. The zero-order chi connectivity index (χ0) is 21.1. The number of unbranched alkanes of at least 4 members (excludes halogenated alkanes) is 2. The lowest BCUT2D eigenvalue weighted by atomic mass is 10.1. The summed E-state index contributed by atoms with van der Waals surface area (Å²) in [6.07, 6.45) is -0.776. The molecule has 0 saturated heterocycles. The average molecular weight is 413 g/mol. The second kappa shape index (κ2) is 8.72. The number of hydrogen-bond donors (Lipinski definition) is 2. The van der Waals surface area contributed by atoms with Gasteiger partial charge in [0.1, 0.15) is 10.7 Å². The molecule has 0 bridgehead atoms. The summed E-state index contributed by atoms with van der Waals surface area (Å²) >= 11 is 1.27. The third-order valence-electron chi connectivity index (χ3n) is 4.35. The van der Waals surface area contributed by atoms with E-state index < -0.39 is 23.7 Å². The molecule has 0 radical (unpaired) electrons. The molecule has 2 amide bonds. The first kappa shape index (κ1) is 21.9. The third-order valence-corrected chi connectivity index (χ3v) is 5.61. The molecule has 0 saturated carbocycles. The van der Waals surface area contributed by atoms with E-state index in [2.05, 4.69) is 17.2 Å². The number of halogens is 3. The summed E-state index contributed by atoms with van der Waals surface area (Å²) in [7, 11) is 0. The van der Waals surface area contributed by atoms with Crippen LogP contribution in [0.3, 0.4) is 0 Å². The Hall–Kier alpha value is -2.42. The molecule has 3 N–H and O–H groups in total. The van der Waals surface area contributed by atoms with Gasteiger partial charge >= 0.3 is 6.18 Å². The molecule has 28 heavy (non-hydrogen) atoms. The van der Waals surface area contributed by atoms with Gasteiger partial charge in [-0.2, -0.15) is 13.2 Å². The predicted octanol–water partition coefficient (Wildman–Crippen LogP) is 4.86. The molecule has 2 aromatic rings. The first-order chi connectivity index (χ1) is 13.1. The number of rotatable bonds is 7. The SMILES string of the molecule is CCCCCc1sc(NC(=O)c2ccc(C(F)(F)F)nc2C)c(C(N)=O)c1C. The van der Waals surface area contributed by atoms with Crippen LogP contribution in [0.1, 0.15) is 68.7 Å². The van der Waals surface area contributed by atoms with Gasteiger partial charge in [-0.25, -0.2) is 4.98 Å². The van der Waals surface area contributed by atoms with E-state index in [1.165, 1.54) is 18.3 Å². The van der Waals surface area contributed by atoms with Crippen molar-refractivity contribution in [2.45, 2.75) is 52.6 Å². The number of alkyl halides is 3. The molecular weight excluding hydrogens is 391 g/mol. The molecule has 0 unspecified atom stereocenters. The van der Waals surface area contributed by atoms with Crippen molar-refractivity contribution in [2.24, 2.45) is 5.73 Å². The minimum atomic E-state index is -4.59. The molecule has 5 nitrogen and oxygen atoms in total. The number of pyridine rings is 1. The van der Waals surface area contributed by atoms with Crippen molar-refractivity contribution in [2.75, 3.05) is 5.32 Å². The number of aryl methyl sites for hydroxylation is 2. The van der Waals surface area contributed by atoms with Gasteiger partial charge in [0.2, 0.25) is 0 Å². The van der Waals surface area contributed by atoms with Gasteiger partial charge in [-0.3, -0.25) is 9.59 Å². The Morgan fingerprint density at radius 2 is 1.89 bits per heavy atom. The van der Waals surface area contributed by atoms with Gasteiger partial charge in [-0.1, -0.05) is 19.8 Å². The van der Waals surface area contributed by atoms with Gasteiger partial charge in [0.15, 0.2) is 0 Å². The van der Waals surface area contributed by atoms with E-state index in [0.717, 1.165) is 48.3 Å².